The Labute approximate surface area is 297 Å². The molecule has 2 saturated heterocycles. The highest BCUT2D eigenvalue weighted by molar-refractivity contribution is 7.90. The molecule has 3 aromatic carbocycles. The fourth-order valence-electron chi connectivity index (χ4n) is 5.95. The molecular formula is C34H46N4O8S4. The molecule has 5 rings (SSSR count). The summed E-state index contributed by atoms with van der Waals surface area (Å²) >= 11 is 0. The maximum absolute atomic E-state index is 13.6. The van der Waals surface area contributed by atoms with Crippen molar-refractivity contribution in [3.05, 3.63) is 83.9 Å². The lowest BCUT2D eigenvalue weighted by atomic mass is 9.87. The average molecular weight is 767 g/mol. The fourth-order valence-corrected chi connectivity index (χ4v) is 11.8. The Hall–Kier alpha value is -2.70. The van der Waals surface area contributed by atoms with E-state index in [1.807, 2.05) is 41.5 Å². The lowest BCUT2D eigenvalue weighted by Crippen LogP contribution is -2.50. The van der Waals surface area contributed by atoms with Gasteiger partial charge in [-0.15, -0.1) is 0 Å². The van der Waals surface area contributed by atoms with Crippen LogP contribution in [0.2, 0.25) is 0 Å². The van der Waals surface area contributed by atoms with Crippen LogP contribution >= 0.6 is 0 Å². The third-order valence-corrected chi connectivity index (χ3v) is 16.8. The molecule has 0 aliphatic carbocycles. The molecule has 0 unspecified atom stereocenters. The largest absolute Gasteiger partial charge is 0.243 e. The molecule has 0 radical (unpaired) electrons. The summed E-state index contributed by atoms with van der Waals surface area (Å²) in [5.41, 5.74) is 1.70. The molecule has 2 fully saturated rings. The standard InChI is InChI=1S/C34H46N4O8S4/c1-33(2,3)27-10-14-29(15-11-27)47(39,40)35-18-22-37(23-19-35)49(43,44)31-8-7-9-32(26-31)50(45,46)38-24-20-36(21-25-38)48(41,42)30-16-12-28(13-17-30)34(4,5)6/h7-17,26H,18-25H2,1-6H3. The predicted octanol–water partition coefficient (Wildman–Crippen LogP) is 3.67. The van der Waals surface area contributed by atoms with Crippen molar-refractivity contribution in [3.8, 4) is 0 Å². The van der Waals surface area contributed by atoms with Gasteiger partial charge in [0.25, 0.3) is 0 Å². The Bertz CT molecular complexity index is 1990. The minimum Gasteiger partial charge on any atom is -0.207 e. The van der Waals surface area contributed by atoms with Crippen LogP contribution in [0.1, 0.15) is 52.7 Å². The summed E-state index contributed by atoms with van der Waals surface area (Å²) in [5.74, 6) is 0. The van der Waals surface area contributed by atoms with E-state index >= 15 is 0 Å². The van der Waals surface area contributed by atoms with Gasteiger partial charge in [0.15, 0.2) is 0 Å². The molecule has 2 aliphatic rings. The van der Waals surface area contributed by atoms with Gasteiger partial charge in [-0.1, -0.05) is 71.9 Å². The van der Waals surface area contributed by atoms with E-state index in [1.165, 1.54) is 26.8 Å². The summed E-state index contributed by atoms with van der Waals surface area (Å²) in [5, 5.41) is 0. The molecule has 0 aromatic heterocycles. The third kappa shape index (κ3) is 7.72. The molecule has 0 amide bonds. The van der Waals surface area contributed by atoms with E-state index in [9.17, 15) is 33.7 Å². The van der Waals surface area contributed by atoms with Crippen molar-refractivity contribution >= 4 is 40.1 Å². The molecule has 0 N–H and O–H groups in total. The van der Waals surface area contributed by atoms with E-state index in [1.54, 1.807) is 48.5 Å². The summed E-state index contributed by atoms with van der Waals surface area (Å²) in [6.45, 7) is 11.5. The molecule has 274 valence electrons. The summed E-state index contributed by atoms with van der Waals surface area (Å²) in [6, 6.07) is 18.5. The van der Waals surface area contributed by atoms with E-state index in [4.69, 9.17) is 0 Å². The summed E-state index contributed by atoms with van der Waals surface area (Å²) in [7, 11) is -16.0. The van der Waals surface area contributed by atoms with Gasteiger partial charge in [0.1, 0.15) is 0 Å². The van der Waals surface area contributed by atoms with Crippen LogP contribution in [0.3, 0.4) is 0 Å². The Balaban J connectivity index is 1.24. The first kappa shape index (κ1) is 38.5. The average Bonchev–Trinajstić information content (AvgIpc) is 3.07. The Morgan fingerprint density at radius 1 is 0.380 bits per heavy atom. The van der Waals surface area contributed by atoms with Gasteiger partial charge >= 0.3 is 0 Å². The van der Waals surface area contributed by atoms with Crippen LogP contribution in [-0.2, 0) is 50.9 Å². The predicted molar refractivity (Wildman–Crippen MR) is 192 cm³/mol. The SMILES string of the molecule is CC(C)(C)c1ccc(S(=O)(=O)N2CCN(S(=O)(=O)c3cccc(S(=O)(=O)N4CCN(S(=O)(=O)c5ccc(C(C)(C)C)cc5)CC4)c3)CC2)cc1. The Kier molecular flexibility index (Phi) is 10.6. The zero-order valence-corrected chi connectivity index (χ0v) is 32.5. The van der Waals surface area contributed by atoms with Gasteiger partial charge in [-0.3, -0.25) is 0 Å². The summed E-state index contributed by atoms with van der Waals surface area (Å²) in [4.78, 5) is -0.194. The van der Waals surface area contributed by atoms with Crippen molar-refractivity contribution in [3.63, 3.8) is 0 Å². The fraction of sp³-hybridized carbons (Fsp3) is 0.471. The lowest BCUT2D eigenvalue weighted by molar-refractivity contribution is 0.272. The van der Waals surface area contributed by atoms with E-state index in [2.05, 4.69) is 0 Å². The first-order chi connectivity index (χ1) is 23.1. The molecule has 2 aliphatic heterocycles. The molecule has 12 nitrogen and oxygen atoms in total. The number of piperazine rings is 2. The number of sulfonamides is 4. The molecule has 0 atom stereocenters. The zero-order chi connectivity index (χ0) is 36.9. The highest BCUT2D eigenvalue weighted by Gasteiger charge is 2.37. The van der Waals surface area contributed by atoms with E-state index in [0.717, 1.165) is 25.8 Å². The number of hydrogen-bond donors (Lipinski definition) is 0. The molecule has 3 aromatic rings. The van der Waals surface area contributed by atoms with Crippen LogP contribution < -0.4 is 0 Å². The molecule has 16 heteroatoms. The van der Waals surface area contributed by atoms with Gasteiger partial charge < -0.3 is 0 Å². The maximum Gasteiger partial charge on any atom is 0.243 e. The molecule has 0 saturated carbocycles. The van der Waals surface area contributed by atoms with Crippen molar-refractivity contribution in [1.29, 1.82) is 0 Å². The van der Waals surface area contributed by atoms with Gasteiger partial charge in [0.2, 0.25) is 40.1 Å². The Morgan fingerprint density at radius 3 is 0.860 bits per heavy atom. The third-order valence-electron chi connectivity index (χ3n) is 9.19. The van der Waals surface area contributed by atoms with Crippen molar-refractivity contribution in [2.24, 2.45) is 0 Å². The van der Waals surface area contributed by atoms with Crippen LogP contribution in [0.4, 0.5) is 0 Å². The van der Waals surface area contributed by atoms with Crippen LogP contribution in [0, 0.1) is 0 Å². The van der Waals surface area contributed by atoms with Crippen molar-refractivity contribution in [1.82, 2.24) is 17.2 Å². The minimum atomic E-state index is -4.16. The normalized spacial score (nSPS) is 18.7. The van der Waals surface area contributed by atoms with Crippen LogP contribution in [0.5, 0.6) is 0 Å². The topological polar surface area (TPSA) is 150 Å². The van der Waals surface area contributed by atoms with Crippen molar-refractivity contribution in [2.75, 3.05) is 52.4 Å². The highest BCUT2D eigenvalue weighted by Crippen LogP contribution is 2.29. The van der Waals surface area contributed by atoms with E-state index < -0.39 is 40.1 Å². The summed E-state index contributed by atoms with van der Waals surface area (Å²) < 4.78 is 113. The highest BCUT2D eigenvalue weighted by atomic mass is 32.2. The van der Waals surface area contributed by atoms with Gasteiger partial charge in [-0.05, 0) is 64.4 Å². The first-order valence-electron chi connectivity index (χ1n) is 16.4. The number of benzene rings is 3. The van der Waals surface area contributed by atoms with E-state index in [0.29, 0.717) is 0 Å². The van der Waals surface area contributed by atoms with E-state index in [-0.39, 0.29) is 82.8 Å². The molecule has 2 heterocycles. The molecule has 0 bridgehead atoms. The number of hydrogen-bond acceptors (Lipinski definition) is 8. The van der Waals surface area contributed by atoms with Crippen LogP contribution in [-0.4, -0.2) is 103 Å². The van der Waals surface area contributed by atoms with Gasteiger partial charge in [0, 0.05) is 52.4 Å². The van der Waals surface area contributed by atoms with Crippen molar-refractivity contribution in [2.45, 2.75) is 72.0 Å². The minimum absolute atomic E-state index is 0.0610. The lowest BCUT2D eigenvalue weighted by Gasteiger charge is -2.34. The number of nitrogens with zero attached hydrogens (tertiary/aromatic N) is 4. The van der Waals surface area contributed by atoms with Crippen LogP contribution in [0.25, 0.3) is 0 Å². The molecule has 0 spiro atoms. The first-order valence-corrected chi connectivity index (χ1v) is 22.1. The zero-order valence-electron chi connectivity index (χ0n) is 29.3. The Morgan fingerprint density at radius 2 is 0.620 bits per heavy atom. The second kappa shape index (κ2) is 13.7. The molecule has 50 heavy (non-hydrogen) atoms. The van der Waals surface area contributed by atoms with Gasteiger partial charge in [0.05, 0.1) is 19.6 Å². The molecular weight excluding hydrogens is 721 g/mol. The van der Waals surface area contributed by atoms with Gasteiger partial charge in [-0.25, -0.2) is 33.7 Å². The second-order valence-corrected chi connectivity index (χ2v) is 22.4. The quantitative estimate of drug-likeness (QED) is 0.337. The monoisotopic (exact) mass is 766 g/mol. The maximum atomic E-state index is 13.6. The van der Waals surface area contributed by atoms with Crippen LogP contribution in [0.15, 0.2) is 92.4 Å². The smallest absolute Gasteiger partial charge is 0.207 e. The second-order valence-electron chi connectivity index (χ2n) is 14.6. The van der Waals surface area contributed by atoms with Crippen molar-refractivity contribution < 1.29 is 33.7 Å². The number of rotatable bonds is 8. The van der Waals surface area contributed by atoms with Gasteiger partial charge in [-0.2, -0.15) is 17.2 Å². The summed E-state index contributed by atoms with van der Waals surface area (Å²) in [6.07, 6.45) is 0.